The van der Waals surface area contributed by atoms with Gasteiger partial charge in [-0.05, 0) is 12.1 Å². The number of amides is 1. The summed E-state index contributed by atoms with van der Waals surface area (Å²) in [6.07, 6.45) is 2.74. The lowest BCUT2D eigenvalue weighted by Crippen LogP contribution is -3.21. The summed E-state index contributed by atoms with van der Waals surface area (Å²) in [5.74, 6) is -0.254. The van der Waals surface area contributed by atoms with E-state index in [9.17, 15) is 9.18 Å². The molecule has 2 fully saturated rings. The first-order chi connectivity index (χ1) is 13.7. The molecule has 3 heterocycles. The van der Waals surface area contributed by atoms with Gasteiger partial charge in [0.25, 0.3) is 5.91 Å². The van der Waals surface area contributed by atoms with Crippen LogP contribution in [0.15, 0.2) is 18.2 Å². The van der Waals surface area contributed by atoms with E-state index in [4.69, 9.17) is 4.74 Å². The van der Waals surface area contributed by atoms with Crippen molar-refractivity contribution in [1.29, 1.82) is 0 Å². The molecule has 0 aliphatic carbocycles. The van der Waals surface area contributed by atoms with Crippen molar-refractivity contribution in [3.05, 3.63) is 34.5 Å². The Morgan fingerprint density at radius 2 is 1.82 bits per heavy atom. The van der Waals surface area contributed by atoms with Crippen molar-refractivity contribution < 1.29 is 23.7 Å². The van der Waals surface area contributed by atoms with Crippen LogP contribution >= 0.6 is 11.3 Å². The van der Waals surface area contributed by atoms with E-state index in [1.807, 2.05) is 11.0 Å². The molecular weight excluding hydrogens is 377 g/mol. The van der Waals surface area contributed by atoms with Gasteiger partial charge in [0.2, 0.25) is 0 Å². The zero-order chi connectivity index (χ0) is 19.5. The molecule has 0 bridgehead atoms. The molecular formula is C21H30FN3O2S+2. The highest BCUT2D eigenvalue weighted by molar-refractivity contribution is 7.21. The third kappa shape index (κ3) is 4.08. The van der Waals surface area contributed by atoms with E-state index in [1.54, 1.807) is 23.0 Å². The quantitative estimate of drug-likeness (QED) is 0.719. The van der Waals surface area contributed by atoms with Crippen LogP contribution in [0.1, 0.15) is 28.1 Å². The van der Waals surface area contributed by atoms with Crippen molar-refractivity contribution in [1.82, 2.24) is 4.90 Å². The number of thiophene rings is 1. The maximum Gasteiger partial charge on any atom is 0.264 e. The predicted molar refractivity (Wildman–Crippen MR) is 109 cm³/mol. The highest BCUT2D eigenvalue weighted by Crippen LogP contribution is 2.34. The summed E-state index contributed by atoms with van der Waals surface area (Å²) in [6, 6.07) is 5.03. The molecule has 4 rings (SSSR count). The summed E-state index contributed by atoms with van der Waals surface area (Å²) in [6.45, 7) is 8.88. The number of ether oxygens (including phenoxy) is 1. The zero-order valence-corrected chi connectivity index (χ0v) is 17.4. The number of methoxy groups -OCH3 is 1. The van der Waals surface area contributed by atoms with Crippen molar-refractivity contribution in [2.24, 2.45) is 0 Å². The molecule has 5 nitrogen and oxygen atoms in total. The van der Waals surface area contributed by atoms with Crippen LogP contribution < -0.4 is 9.80 Å². The lowest BCUT2D eigenvalue weighted by molar-refractivity contribution is -0.954. The minimum atomic E-state index is -0.279. The van der Waals surface area contributed by atoms with E-state index >= 15 is 0 Å². The number of likely N-dealkylation sites (tertiary alicyclic amines) is 1. The summed E-state index contributed by atoms with van der Waals surface area (Å²) in [5.41, 5.74) is 0.693. The molecule has 2 N–H and O–H groups in total. The van der Waals surface area contributed by atoms with Gasteiger partial charge in [-0.15, -0.1) is 11.3 Å². The highest BCUT2D eigenvalue weighted by atomic mass is 32.1. The van der Waals surface area contributed by atoms with E-state index in [2.05, 4.69) is 0 Å². The average Bonchev–Trinajstić information content (AvgIpc) is 3.35. The second-order valence-electron chi connectivity index (χ2n) is 7.96. The van der Waals surface area contributed by atoms with Crippen LogP contribution in [0.2, 0.25) is 0 Å². The molecule has 0 unspecified atom stereocenters. The van der Waals surface area contributed by atoms with Crippen molar-refractivity contribution in [3.8, 4) is 0 Å². The number of halogens is 1. The second-order valence-corrected chi connectivity index (χ2v) is 9.01. The maximum absolute atomic E-state index is 14.4. The van der Waals surface area contributed by atoms with E-state index in [-0.39, 0.29) is 18.3 Å². The molecule has 0 radical (unpaired) electrons. The number of carbonyl (C=O) groups is 1. The minimum absolute atomic E-state index is 0.0249. The molecule has 1 aromatic heterocycles. The summed E-state index contributed by atoms with van der Waals surface area (Å²) in [5, 5.41) is 0.538. The summed E-state index contributed by atoms with van der Waals surface area (Å²) in [7, 11) is 1.59. The van der Waals surface area contributed by atoms with Crippen LogP contribution in [0, 0.1) is 5.82 Å². The van der Waals surface area contributed by atoms with Crippen LogP contribution in [0.3, 0.4) is 0 Å². The van der Waals surface area contributed by atoms with E-state index < -0.39 is 0 Å². The number of hydrogen-bond donors (Lipinski definition) is 2. The summed E-state index contributed by atoms with van der Waals surface area (Å²) in [4.78, 5) is 19.1. The third-order valence-electron chi connectivity index (χ3n) is 6.15. The molecule has 152 valence electrons. The van der Waals surface area contributed by atoms with Crippen molar-refractivity contribution >= 4 is 27.3 Å². The first-order valence-corrected chi connectivity index (χ1v) is 11.1. The van der Waals surface area contributed by atoms with E-state index in [0.717, 1.165) is 30.9 Å². The standard InChI is InChI=1S/C21H28FN3O2S/c1-27-15-16-19-17(22)5-4-6-18(19)28-20(16)21(26)25-13-11-24(12-14-25)10-9-23-7-2-3-8-23/h4-6H,2-3,7-15H2,1H3/p+2. The van der Waals surface area contributed by atoms with Gasteiger partial charge in [-0.25, -0.2) is 4.39 Å². The van der Waals surface area contributed by atoms with Gasteiger partial charge < -0.3 is 19.4 Å². The fourth-order valence-electron chi connectivity index (χ4n) is 4.52. The van der Waals surface area contributed by atoms with Crippen LogP contribution in [0.25, 0.3) is 10.1 Å². The third-order valence-corrected chi connectivity index (χ3v) is 7.33. The molecule has 2 aromatic rings. The SMILES string of the molecule is COCc1c(C(=O)N2CC[NH+](CC[NH+]3CCCC3)CC2)sc2cccc(F)c12. The van der Waals surface area contributed by atoms with Gasteiger partial charge in [0.15, 0.2) is 0 Å². The van der Waals surface area contributed by atoms with Crippen molar-refractivity contribution in [2.45, 2.75) is 19.4 Å². The Bertz CT molecular complexity index is 826. The number of nitrogens with zero attached hydrogens (tertiary/aromatic N) is 1. The van der Waals surface area contributed by atoms with Crippen LogP contribution in [0.5, 0.6) is 0 Å². The van der Waals surface area contributed by atoms with Gasteiger partial charge in [-0.2, -0.15) is 0 Å². The molecule has 28 heavy (non-hydrogen) atoms. The van der Waals surface area contributed by atoms with Gasteiger partial charge in [-0.3, -0.25) is 4.79 Å². The number of carbonyl (C=O) groups excluding carboxylic acids is 1. The first kappa shape index (κ1) is 19.8. The Kier molecular flexibility index (Phi) is 6.25. The fraction of sp³-hybridized carbons (Fsp3) is 0.571. The molecule has 2 aliphatic rings. The molecule has 1 amide bonds. The number of nitrogens with one attached hydrogen (secondary N) is 2. The maximum atomic E-state index is 14.4. The zero-order valence-electron chi connectivity index (χ0n) is 16.6. The molecule has 2 aliphatic heterocycles. The van der Waals surface area contributed by atoms with Crippen LogP contribution in [-0.4, -0.2) is 70.3 Å². The molecule has 0 spiro atoms. The van der Waals surface area contributed by atoms with Gasteiger partial charge >= 0.3 is 0 Å². The monoisotopic (exact) mass is 407 g/mol. The Morgan fingerprint density at radius 1 is 1.14 bits per heavy atom. The van der Waals surface area contributed by atoms with Crippen molar-refractivity contribution in [3.63, 3.8) is 0 Å². The predicted octanol–water partition coefficient (Wildman–Crippen LogP) is 0.206. The van der Waals surface area contributed by atoms with Gasteiger partial charge in [-0.1, -0.05) is 6.07 Å². The smallest absolute Gasteiger partial charge is 0.264 e. The number of quaternary nitrogens is 2. The number of rotatable bonds is 6. The summed E-state index contributed by atoms with van der Waals surface area (Å²) < 4.78 is 20.5. The van der Waals surface area contributed by atoms with Gasteiger partial charge in [0.05, 0.1) is 50.8 Å². The largest absolute Gasteiger partial charge is 0.380 e. The van der Waals surface area contributed by atoms with Crippen LogP contribution in [-0.2, 0) is 11.3 Å². The molecule has 2 saturated heterocycles. The molecule has 7 heteroatoms. The van der Waals surface area contributed by atoms with E-state index in [0.29, 0.717) is 15.8 Å². The number of piperazine rings is 1. The van der Waals surface area contributed by atoms with Crippen molar-refractivity contribution in [2.75, 3.05) is 59.5 Å². The highest BCUT2D eigenvalue weighted by Gasteiger charge is 2.29. The normalized spacial score (nSPS) is 19.0. The second kappa shape index (κ2) is 8.86. The Hall–Kier alpha value is -1.54. The van der Waals surface area contributed by atoms with E-state index in [1.165, 1.54) is 56.4 Å². The van der Waals surface area contributed by atoms with Gasteiger partial charge in [0.1, 0.15) is 18.9 Å². The van der Waals surface area contributed by atoms with Gasteiger partial charge in [0, 0.05) is 35.6 Å². The Morgan fingerprint density at radius 3 is 2.50 bits per heavy atom. The topological polar surface area (TPSA) is 38.4 Å². The summed E-state index contributed by atoms with van der Waals surface area (Å²) >= 11 is 1.39. The Labute approximate surface area is 169 Å². The fourth-order valence-corrected chi connectivity index (χ4v) is 5.71. The number of benzene rings is 1. The lowest BCUT2D eigenvalue weighted by Gasteiger charge is -2.32. The minimum Gasteiger partial charge on any atom is -0.380 e. The molecule has 0 atom stereocenters. The number of hydrogen-bond acceptors (Lipinski definition) is 3. The lowest BCUT2D eigenvalue weighted by atomic mass is 10.1. The number of fused-ring (bicyclic) bond motifs is 1. The molecule has 0 saturated carbocycles. The van der Waals surface area contributed by atoms with Crippen LogP contribution in [0.4, 0.5) is 4.39 Å². The molecule has 1 aromatic carbocycles. The average molecular weight is 408 g/mol. The first-order valence-electron chi connectivity index (χ1n) is 10.3. The Balaban J connectivity index is 1.42.